The average molecular weight is 375 g/mol. The lowest BCUT2D eigenvalue weighted by atomic mass is 9.80. The van der Waals surface area contributed by atoms with Gasteiger partial charge < -0.3 is 19.1 Å². The van der Waals surface area contributed by atoms with Crippen molar-refractivity contribution >= 4 is 11.9 Å². The Morgan fingerprint density at radius 1 is 1.26 bits per heavy atom. The normalized spacial score (nSPS) is 27.9. The van der Waals surface area contributed by atoms with Crippen LogP contribution in [0.5, 0.6) is 0 Å². The Bertz CT molecular complexity index is 670. The van der Waals surface area contributed by atoms with Crippen LogP contribution in [0.1, 0.15) is 43.6 Å². The van der Waals surface area contributed by atoms with E-state index in [-0.39, 0.29) is 18.6 Å². The van der Waals surface area contributed by atoms with E-state index in [4.69, 9.17) is 9.47 Å². The Balaban J connectivity index is 1.71. The van der Waals surface area contributed by atoms with Crippen LogP contribution in [0.3, 0.4) is 0 Å². The van der Waals surface area contributed by atoms with Crippen LogP contribution >= 0.6 is 0 Å². The molecule has 3 unspecified atom stereocenters. The van der Waals surface area contributed by atoms with E-state index < -0.39 is 17.5 Å². The van der Waals surface area contributed by atoms with E-state index in [0.717, 1.165) is 24.9 Å². The van der Waals surface area contributed by atoms with E-state index in [1.54, 1.807) is 0 Å². The van der Waals surface area contributed by atoms with E-state index in [2.05, 4.69) is 0 Å². The van der Waals surface area contributed by atoms with Crippen molar-refractivity contribution in [3.05, 3.63) is 35.9 Å². The molecule has 1 aliphatic carbocycles. The monoisotopic (exact) mass is 375 g/mol. The van der Waals surface area contributed by atoms with E-state index in [9.17, 15) is 14.7 Å². The molecule has 3 atom stereocenters. The van der Waals surface area contributed by atoms with Gasteiger partial charge in [0, 0.05) is 6.42 Å². The van der Waals surface area contributed by atoms with Crippen LogP contribution < -0.4 is 5.11 Å². The van der Waals surface area contributed by atoms with Crippen molar-refractivity contribution in [1.29, 1.82) is 0 Å². The lowest BCUT2D eigenvalue weighted by Gasteiger charge is -2.43. The zero-order chi connectivity index (χ0) is 19.5. The number of hydrogen-bond donors (Lipinski definition) is 0. The lowest BCUT2D eigenvalue weighted by Crippen LogP contribution is -2.51. The van der Waals surface area contributed by atoms with Crippen LogP contribution in [0.15, 0.2) is 30.3 Å². The highest BCUT2D eigenvalue weighted by Crippen LogP contribution is 2.40. The summed E-state index contributed by atoms with van der Waals surface area (Å²) in [6, 6.07) is 9.28. The van der Waals surface area contributed by atoms with Crippen LogP contribution in [0.25, 0.3) is 0 Å². The molecule has 148 valence electrons. The maximum Gasteiger partial charge on any atom is 0.361 e. The van der Waals surface area contributed by atoms with Gasteiger partial charge in [-0.05, 0) is 5.56 Å². The highest BCUT2D eigenvalue weighted by molar-refractivity contribution is 5.80. The zero-order valence-electron chi connectivity index (χ0n) is 16.2. The first-order chi connectivity index (χ1) is 12.9. The van der Waals surface area contributed by atoms with Crippen molar-refractivity contribution < 1.29 is 28.7 Å². The average Bonchev–Trinajstić information content (AvgIpc) is 3.22. The minimum absolute atomic E-state index is 0.262. The largest absolute Gasteiger partial charge is 0.849 e. The summed E-state index contributed by atoms with van der Waals surface area (Å²) in [4.78, 5) is 24.7. The summed E-state index contributed by atoms with van der Waals surface area (Å²) in [5.74, 6) is -1.47. The predicted molar refractivity (Wildman–Crippen MR) is 97.7 cm³/mol. The molecule has 0 N–H and O–H groups in total. The van der Waals surface area contributed by atoms with Crippen molar-refractivity contribution in [3.8, 4) is 0 Å². The molecule has 3 rings (SSSR count). The fraction of sp³-hybridized carbons (Fsp3) is 0.619. The molecule has 6 nitrogen and oxygen atoms in total. The van der Waals surface area contributed by atoms with Crippen LogP contribution in [0, 0.1) is 0 Å². The molecular weight excluding hydrogens is 346 g/mol. The maximum absolute atomic E-state index is 13.4. The van der Waals surface area contributed by atoms with Crippen LogP contribution in [0.2, 0.25) is 0 Å². The van der Waals surface area contributed by atoms with Gasteiger partial charge in [-0.15, -0.1) is 0 Å². The van der Waals surface area contributed by atoms with Gasteiger partial charge in [0.15, 0.2) is 12.6 Å². The standard InChI is InChI=1S/C21H29NO5/c1-22(15-18(23)26-2)13-10-17(14-22)27-20(24)19(16-8-4-3-5-9-16)21(25)11-6-7-12-21/h3-5,8-9,17,19H,6-7,10-15H2,1-2H3. The van der Waals surface area contributed by atoms with Crippen LogP contribution in [-0.2, 0) is 19.1 Å². The Labute approximate surface area is 160 Å². The van der Waals surface area contributed by atoms with Crippen molar-refractivity contribution in [1.82, 2.24) is 0 Å². The Kier molecular flexibility index (Phi) is 5.86. The molecule has 2 fully saturated rings. The fourth-order valence-corrected chi connectivity index (χ4v) is 4.54. The predicted octanol–water partition coefficient (Wildman–Crippen LogP) is 1.38. The summed E-state index contributed by atoms with van der Waals surface area (Å²) < 4.78 is 11.1. The maximum atomic E-state index is 13.4. The molecule has 2 aliphatic rings. The Hall–Kier alpha value is -1.92. The zero-order valence-corrected chi connectivity index (χ0v) is 16.2. The first kappa shape index (κ1) is 19.8. The van der Waals surface area contributed by atoms with E-state index in [1.165, 1.54) is 7.11 Å². The van der Waals surface area contributed by atoms with Crippen molar-refractivity contribution in [2.75, 3.05) is 33.8 Å². The van der Waals surface area contributed by atoms with E-state index in [0.29, 0.717) is 30.3 Å². The summed E-state index contributed by atoms with van der Waals surface area (Å²) in [6.07, 6.45) is 3.13. The number of likely N-dealkylation sites (tertiary alicyclic amines) is 1. The molecule has 1 aromatic rings. The molecule has 0 radical (unpaired) electrons. The first-order valence-corrected chi connectivity index (χ1v) is 9.71. The molecule has 1 aromatic carbocycles. The number of likely N-dealkylation sites (N-methyl/N-ethyl adjacent to an activating group) is 1. The summed E-state index contributed by atoms with van der Waals surface area (Å²) >= 11 is 0. The number of methoxy groups -OCH3 is 1. The highest BCUT2D eigenvalue weighted by Gasteiger charge is 2.42. The number of nitrogens with zero attached hydrogens (tertiary/aromatic N) is 1. The first-order valence-electron chi connectivity index (χ1n) is 9.71. The van der Waals surface area contributed by atoms with Crippen LogP contribution in [-0.4, -0.2) is 61.9 Å². The second-order valence-corrected chi connectivity index (χ2v) is 8.22. The molecule has 1 saturated carbocycles. The molecule has 1 aliphatic heterocycles. The summed E-state index contributed by atoms with van der Waals surface area (Å²) in [5.41, 5.74) is -0.550. The van der Waals surface area contributed by atoms with Crippen molar-refractivity contribution in [2.45, 2.75) is 49.7 Å². The van der Waals surface area contributed by atoms with E-state index in [1.807, 2.05) is 37.4 Å². The van der Waals surface area contributed by atoms with Gasteiger partial charge in [-0.2, -0.15) is 0 Å². The molecule has 0 aromatic heterocycles. The highest BCUT2D eigenvalue weighted by atomic mass is 16.5. The number of rotatable bonds is 6. The third-order valence-corrected chi connectivity index (χ3v) is 6.00. The third-order valence-electron chi connectivity index (χ3n) is 6.00. The number of benzene rings is 1. The SMILES string of the molecule is COC(=O)C[N+]1(C)CCC(OC(=O)C(c2ccccc2)C2([O-])CCCC2)C1. The fourth-order valence-electron chi connectivity index (χ4n) is 4.54. The van der Waals surface area contributed by atoms with Gasteiger partial charge in [-0.1, -0.05) is 61.6 Å². The summed E-state index contributed by atoms with van der Waals surface area (Å²) in [7, 11) is 3.34. The Morgan fingerprint density at radius 2 is 1.93 bits per heavy atom. The molecule has 6 heteroatoms. The number of esters is 2. The van der Waals surface area contributed by atoms with Gasteiger partial charge in [0.25, 0.3) is 0 Å². The molecule has 0 spiro atoms. The number of quaternary nitrogens is 1. The minimum Gasteiger partial charge on any atom is -0.849 e. The van der Waals surface area contributed by atoms with Gasteiger partial charge >= 0.3 is 11.9 Å². The smallest absolute Gasteiger partial charge is 0.361 e. The molecular formula is C21H29NO5. The van der Waals surface area contributed by atoms with Crippen molar-refractivity contribution in [2.24, 2.45) is 0 Å². The van der Waals surface area contributed by atoms with Gasteiger partial charge in [-0.3, -0.25) is 4.79 Å². The molecule has 27 heavy (non-hydrogen) atoms. The molecule has 1 heterocycles. The third kappa shape index (κ3) is 4.50. The van der Waals surface area contributed by atoms with Gasteiger partial charge in [0.1, 0.15) is 6.54 Å². The Morgan fingerprint density at radius 3 is 2.56 bits per heavy atom. The van der Waals surface area contributed by atoms with E-state index >= 15 is 0 Å². The molecule has 0 bridgehead atoms. The second-order valence-electron chi connectivity index (χ2n) is 8.22. The number of carbonyl (C=O) groups excluding carboxylic acids is 2. The second kappa shape index (κ2) is 7.98. The lowest BCUT2D eigenvalue weighted by molar-refractivity contribution is -0.891. The number of carbonyl (C=O) groups is 2. The van der Waals surface area contributed by atoms with Gasteiger partial charge in [-0.25, -0.2) is 4.79 Å². The molecule has 0 amide bonds. The van der Waals surface area contributed by atoms with Crippen LogP contribution in [0.4, 0.5) is 0 Å². The topological polar surface area (TPSA) is 75.7 Å². The number of ether oxygens (including phenoxy) is 2. The minimum atomic E-state index is -1.29. The van der Waals surface area contributed by atoms with Crippen molar-refractivity contribution in [3.63, 3.8) is 0 Å². The van der Waals surface area contributed by atoms with Gasteiger partial charge in [0.05, 0.1) is 26.6 Å². The summed E-state index contributed by atoms with van der Waals surface area (Å²) in [5, 5.41) is 13.4. The summed E-state index contributed by atoms with van der Waals surface area (Å²) in [6.45, 7) is 1.57. The molecule has 1 saturated heterocycles. The quantitative estimate of drug-likeness (QED) is 0.555. The van der Waals surface area contributed by atoms with Gasteiger partial charge in [0.2, 0.25) is 0 Å². The number of hydrogen-bond acceptors (Lipinski definition) is 5.